The van der Waals surface area contributed by atoms with Crippen LogP contribution in [0.3, 0.4) is 0 Å². The maximum absolute atomic E-state index is 12.7. The molecule has 80 valence electrons. The van der Waals surface area contributed by atoms with Crippen LogP contribution in [0, 0.1) is 0 Å². The van der Waals surface area contributed by atoms with Crippen LogP contribution in [0.1, 0.15) is 12.8 Å². The Kier molecular flexibility index (Phi) is 5.17. The highest BCUT2D eigenvalue weighted by molar-refractivity contribution is 9.10. The van der Waals surface area contributed by atoms with Gasteiger partial charge in [-0.05, 0) is 28.8 Å². The lowest BCUT2D eigenvalue weighted by Crippen LogP contribution is -2.43. The van der Waals surface area contributed by atoms with Crippen molar-refractivity contribution in [2.24, 2.45) is 0 Å². The quantitative estimate of drug-likeness (QED) is 0.606. The Morgan fingerprint density at radius 3 is 2.00 bits per heavy atom. The van der Waals surface area contributed by atoms with Gasteiger partial charge in [0, 0.05) is 6.61 Å². The van der Waals surface area contributed by atoms with Gasteiger partial charge in [0.1, 0.15) is 0 Å². The van der Waals surface area contributed by atoms with Crippen LogP contribution in [-0.2, 0) is 0 Å². The predicted octanol–water partition coefficient (Wildman–Crippen LogP) is 3.15. The average Bonchev–Trinajstić information content (AvgIpc) is 1.97. The number of aliphatic hydroxyl groups is 1. The van der Waals surface area contributed by atoms with E-state index in [1.54, 1.807) is 15.9 Å². The fourth-order valence-corrected chi connectivity index (χ4v) is 1.82. The Hall–Kier alpha value is 0.640. The number of hydrogen-bond donors (Lipinski definition) is 1. The first-order valence-electron chi connectivity index (χ1n) is 3.43. The molecule has 13 heavy (non-hydrogen) atoms. The lowest BCUT2D eigenvalue weighted by molar-refractivity contribution is -0.146. The number of alkyl halides is 6. The molecule has 0 aliphatic carbocycles. The van der Waals surface area contributed by atoms with Crippen LogP contribution in [0.25, 0.3) is 0 Å². The van der Waals surface area contributed by atoms with Gasteiger partial charge in [-0.25, -0.2) is 0 Å². The third-order valence-electron chi connectivity index (χ3n) is 1.39. The molecule has 1 nitrogen and oxygen atoms in total. The number of aliphatic hydroxyl groups excluding tert-OH is 1. The van der Waals surface area contributed by atoms with Crippen LogP contribution < -0.4 is 0 Å². The fourth-order valence-electron chi connectivity index (χ4n) is 0.629. The molecular formula is C6H8Br2F4O. The van der Waals surface area contributed by atoms with E-state index in [9.17, 15) is 17.6 Å². The van der Waals surface area contributed by atoms with Gasteiger partial charge in [-0.1, -0.05) is 15.9 Å². The summed E-state index contributed by atoms with van der Waals surface area (Å²) < 4.78 is 49.9. The summed E-state index contributed by atoms with van der Waals surface area (Å²) >= 11 is 4.08. The van der Waals surface area contributed by atoms with Gasteiger partial charge in [0.15, 0.2) is 0 Å². The number of rotatable bonds is 5. The normalized spacial score (nSPS) is 15.9. The molecule has 0 aromatic heterocycles. The molecular weight excluding hydrogens is 324 g/mol. The Balaban J connectivity index is 4.27. The summed E-state index contributed by atoms with van der Waals surface area (Å²) in [6, 6.07) is 0. The van der Waals surface area contributed by atoms with Crippen molar-refractivity contribution in [2.45, 2.75) is 28.4 Å². The smallest absolute Gasteiger partial charge is 0.364 e. The highest BCUT2D eigenvalue weighted by Crippen LogP contribution is 2.45. The van der Waals surface area contributed by atoms with Crippen molar-refractivity contribution in [2.75, 3.05) is 6.61 Å². The third-order valence-corrected chi connectivity index (χ3v) is 2.95. The number of hydrogen-bond acceptors (Lipinski definition) is 1. The highest BCUT2D eigenvalue weighted by atomic mass is 79.9. The molecule has 0 saturated heterocycles. The largest absolute Gasteiger partial charge is 0.396 e. The summed E-state index contributed by atoms with van der Waals surface area (Å²) in [5.74, 6) is -4.16. The first-order valence-corrected chi connectivity index (χ1v) is 5.13. The minimum absolute atomic E-state index is 0.0502. The van der Waals surface area contributed by atoms with Crippen molar-refractivity contribution in [1.29, 1.82) is 0 Å². The van der Waals surface area contributed by atoms with Crippen LogP contribution in [0.2, 0.25) is 0 Å². The zero-order valence-electron chi connectivity index (χ0n) is 6.41. The fraction of sp³-hybridized carbons (Fsp3) is 1.00. The molecule has 0 aliphatic heterocycles. The molecule has 0 amide bonds. The van der Waals surface area contributed by atoms with Crippen LogP contribution in [-0.4, -0.2) is 27.3 Å². The number of halogens is 6. The van der Waals surface area contributed by atoms with E-state index < -0.39 is 15.6 Å². The summed E-state index contributed by atoms with van der Waals surface area (Å²) in [6.45, 7) is -0.300. The van der Waals surface area contributed by atoms with Gasteiger partial charge in [-0.3, -0.25) is 0 Å². The lowest BCUT2D eigenvalue weighted by Gasteiger charge is -2.25. The van der Waals surface area contributed by atoms with Crippen LogP contribution in [0.5, 0.6) is 0 Å². The SMILES string of the molecule is OCCCC(Br)C(F)(F)C(F)(F)Br. The first kappa shape index (κ1) is 13.6. The zero-order chi connectivity index (χ0) is 10.7. The van der Waals surface area contributed by atoms with Crippen molar-refractivity contribution in [3.8, 4) is 0 Å². The Morgan fingerprint density at radius 1 is 1.23 bits per heavy atom. The van der Waals surface area contributed by atoms with Gasteiger partial charge in [0.05, 0.1) is 4.83 Å². The van der Waals surface area contributed by atoms with E-state index in [0.29, 0.717) is 0 Å². The molecule has 0 bridgehead atoms. The van der Waals surface area contributed by atoms with E-state index in [1.807, 2.05) is 0 Å². The van der Waals surface area contributed by atoms with Gasteiger partial charge in [0.2, 0.25) is 0 Å². The van der Waals surface area contributed by atoms with E-state index >= 15 is 0 Å². The van der Waals surface area contributed by atoms with E-state index in [1.165, 1.54) is 0 Å². The maximum atomic E-state index is 12.7. The second kappa shape index (κ2) is 4.93. The van der Waals surface area contributed by atoms with Crippen molar-refractivity contribution < 1.29 is 22.7 Å². The lowest BCUT2D eigenvalue weighted by atomic mass is 10.1. The minimum atomic E-state index is -4.23. The monoisotopic (exact) mass is 330 g/mol. The van der Waals surface area contributed by atoms with Gasteiger partial charge in [0.25, 0.3) is 0 Å². The molecule has 0 aromatic carbocycles. The van der Waals surface area contributed by atoms with E-state index in [0.717, 1.165) is 0 Å². The third kappa shape index (κ3) is 3.71. The first-order chi connectivity index (χ1) is 5.73. The summed E-state index contributed by atoms with van der Waals surface area (Å²) in [5.41, 5.74) is 0. The molecule has 1 unspecified atom stereocenters. The summed E-state index contributed by atoms with van der Waals surface area (Å²) in [6.07, 6.45) is -0.167. The van der Waals surface area contributed by atoms with Crippen molar-refractivity contribution in [1.82, 2.24) is 0 Å². The molecule has 7 heteroatoms. The zero-order valence-corrected chi connectivity index (χ0v) is 9.59. The molecule has 0 radical (unpaired) electrons. The molecule has 0 aliphatic rings. The Morgan fingerprint density at radius 2 is 1.69 bits per heavy atom. The predicted molar refractivity (Wildman–Crippen MR) is 47.9 cm³/mol. The molecule has 1 N–H and O–H groups in total. The Bertz CT molecular complexity index is 159. The van der Waals surface area contributed by atoms with Crippen molar-refractivity contribution in [3.05, 3.63) is 0 Å². The molecule has 0 rings (SSSR count). The second-order valence-corrected chi connectivity index (χ2v) is 4.56. The van der Waals surface area contributed by atoms with Gasteiger partial charge < -0.3 is 5.11 Å². The van der Waals surface area contributed by atoms with E-state index in [4.69, 9.17) is 5.11 Å². The van der Waals surface area contributed by atoms with Gasteiger partial charge in [-0.15, -0.1) is 0 Å². The van der Waals surface area contributed by atoms with Gasteiger partial charge in [-0.2, -0.15) is 17.6 Å². The topological polar surface area (TPSA) is 20.2 Å². The standard InChI is InChI=1S/C6H8Br2F4O/c7-4(2-1-3-13)5(9,10)6(8,11)12/h4,13H,1-3H2. The molecule has 0 fully saturated rings. The summed E-state index contributed by atoms with van der Waals surface area (Å²) in [7, 11) is 0. The van der Waals surface area contributed by atoms with Crippen LogP contribution in [0.4, 0.5) is 17.6 Å². The molecule has 1 atom stereocenters. The summed E-state index contributed by atoms with van der Waals surface area (Å²) in [5, 5.41) is 8.32. The Labute approximate surface area is 89.8 Å². The van der Waals surface area contributed by atoms with E-state index in [-0.39, 0.29) is 19.4 Å². The second-order valence-electron chi connectivity index (χ2n) is 2.45. The molecule has 0 spiro atoms. The van der Waals surface area contributed by atoms with E-state index in [2.05, 4.69) is 15.9 Å². The summed E-state index contributed by atoms with van der Waals surface area (Å²) in [4.78, 5) is -5.88. The highest BCUT2D eigenvalue weighted by Gasteiger charge is 2.58. The van der Waals surface area contributed by atoms with Crippen molar-refractivity contribution >= 4 is 31.9 Å². The van der Waals surface area contributed by atoms with Crippen LogP contribution >= 0.6 is 31.9 Å². The molecule has 0 saturated carbocycles. The van der Waals surface area contributed by atoms with Crippen molar-refractivity contribution in [3.63, 3.8) is 0 Å². The molecule has 0 aromatic rings. The van der Waals surface area contributed by atoms with Gasteiger partial charge >= 0.3 is 10.8 Å². The minimum Gasteiger partial charge on any atom is -0.396 e. The average molecular weight is 332 g/mol. The maximum Gasteiger partial charge on any atom is 0.364 e. The molecule has 0 heterocycles. The van der Waals surface area contributed by atoms with Crippen LogP contribution in [0.15, 0.2) is 0 Å².